The van der Waals surface area contributed by atoms with Gasteiger partial charge in [-0.3, -0.25) is 0 Å². The molecule has 0 spiro atoms. The zero-order chi connectivity index (χ0) is 30.4. The van der Waals surface area contributed by atoms with Gasteiger partial charge in [0.1, 0.15) is 0 Å². The van der Waals surface area contributed by atoms with Crippen LogP contribution < -0.4 is 4.90 Å². The Morgan fingerprint density at radius 2 is 1.68 bits per heavy atom. The van der Waals surface area contributed by atoms with E-state index < -0.39 is 43.3 Å². The highest BCUT2D eigenvalue weighted by atomic mass is 32.2. The fourth-order valence-electron chi connectivity index (χ4n) is 5.02. The van der Waals surface area contributed by atoms with Gasteiger partial charge < -0.3 is 14.7 Å². The molecule has 0 bridgehead atoms. The molecule has 2 aliphatic heterocycles. The van der Waals surface area contributed by atoms with Crippen LogP contribution in [0.25, 0.3) is 0 Å². The van der Waals surface area contributed by atoms with E-state index in [9.17, 15) is 35.1 Å². The first kappa shape index (κ1) is 32.0. The molecule has 2 aromatic rings. The van der Waals surface area contributed by atoms with Crippen molar-refractivity contribution in [3.8, 4) is 0 Å². The Morgan fingerprint density at radius 1 is 1.07 bits per heavy atom. The van der Waals surface area contributed by atoms with Crippen molar-refractivity contribution in [3.05, 3.63) is 54.1 Å². The van der Waals surface area contributed by atoms with E-state index >= 15 is 0 Å². The van der Waals surface area contributed by atoms with Crippen molar-refractivity contribution in [1.29, 1.82) is 0 Å². The van der Waals surface area contributed by atoms with Crippen LogP contribution in [-0.2, 0) is 30.4 Å². The maximum Gasteiger partial charge on any atom is 0.421 e. The van der Waals surface area contributed by atoms with Gasteiger partial charge in [-0.05, 0) is 36.8 Å². The third-order valence-electron chi connectivity index (χ3n) is 7.58. The largest absolute Gasteiger partial charge is 0.421 e. The van der Waals surface area contributed by atoms with Gasteiger partial charge >= 0.3 is 6.18 Å². The number of thiol groups is 1. The van der Waals surface area contributed by atoms with Gasteiger partial charge in [-0.2, -0.15) is 21.8 Å². The SMILES string of the molecule is CC1(CN(C[C@H]2CN(S(=O)(=O)c3ccccc3S)CCN2c2ccc(C(C)(O)C(F)(F)F)cc2)S(C)(=O)=O)COC1. The van der Waals surface area contributed by atoms with Crippen molar-refractivity contribution in [2.75, 3.05) is 57.1 Å². The van der Waals surface area contributed by atoms with Crippen LogP contribution in [0.1, 0.15) is 19.4 Å². The van der Waals surface area contributed by atoms with Crippen LogP contribution in [0, 0.1) is 5.41 Å². The van der Waals surface area contributed by atoms with Gasteiger partial charge in [0.15, 0.2) is 5.60 Å². The summed E-state index contributed by atoms with van der Waals surface area (Å²) in [6, 6.07) is 10.8. The lowest BCUT2D eigenvalue weighted by atomic mass is 9.88. The standard InChI is InChI=1S/C26H34F3N3O6S3/c1-24(17-38-18-24)16-31(40(3,34)35)15-21-14-30(41(36,37)23-7-5-4-6-22(23)39)12-13-32(21)20-10-8-19(9-11-20)25(2,33)26(27,28)29/h4-11,21,33,39H,12-18H2,1-3H3/t21-,25?/m1/s1. The summed E-state index contributed by atoms with van der Waals surface area (Å²) in [5.74, 6) is 0. The number of halogens is 3. The molecule has 41 heavy (non-hydrogen) atoms. The average Bonchev–Trinajstić information content (AvgIpc) is 2.86. The maximum absolute atomic E-state index is 13.6. The molecule has 2 heterocycles. The zero-order valence-corrected chi connectivity index (χ0v) is 25.4. The van der Waals surface area contributed by atoms with E-state index in [1.165, 1.54) is 38.9 Å². The molecular formula is C26H34F3N3O6S3. The molecule has 2 aliphatic rings. The van der Waals surface area contributed by atoms with Gasteiger partial charge in [-0.15, -0.1) is 12.6 Å². The second-order valence-corrected chi connectivity index (χ2v) is 15.5. The normalized spacial score (nSPS) is 21.9. The first-order valence-corrected chi connectivity index (χ1v) is 16.6. The molecule has 228 valence electrons. The number of aliphatic hydroxyl groups is 1. The summed E-state index contributed by atoms with van der Waals surface area (Å²) in [5.41, 5.74) is -3.35. The second kappa shape index (κ2) is 11.3. The Morgan fingerprint density at radius 3 is 2.20 bits per heavy atom. The van der Waals surface area contributed by atoms with Gasteiger partial charge in [0, 0.05) is 48.7 Å². The molecule has 15 heteroatoms. The van der Waals surface area contributed by atoms with E-state index in [4.69, 9.17) is 4.74 Å². The highest BCUT2D eigenvalue weighted by Crippen LogP contribution is 2.39. The van der Waals surface area contributed by atoms with Crippen molar-refractivity contribution in [3.63, 3.8) is 0 Å². The fraction of sp³-hybridized carbons (Fsp3) is 0.538. The van der Waals surface area contributed by atoms with Crippen LogP contribution in [0.3, 0.4) is 0 Å². The Hall–Kier alpha value is -1.88. The minimum absolute atomic E-state index is 0.0216. The molecule has 1 unspecified atom stereocenters. The fourth-order valence-corrected chi connectivity index (χ4v) is 8.06. The predicted molar refractivity (Wildman–Crippen MR) is 151 cm³/mol. The van der Waals surface area contributed by atoms with E-state index in [1.54, 1.807) is 23.1 Å². The van der Waals surface area contributed by atoms with Crippen LogP contribution in [0.4, 0.5) is 18.9 Å². The molecule has 1 N–H and O–H groups in total. The van der Waals surface area contributed by atoms with Crippen LogP contribution in [0.2, 0.25) is 0 Å². The van der Waals surface area contributed by atoms with Gasteiger partial charge in [-0.1, -0.05) is 31.2 Å². The average molecular weight is 638 g/mol. The Balaban J connectivity index is 1.68. The van der Waals surface area contributed by atoms with Crippen LogP contribution in [-0.4, -0.2) is 95.0 Å². The summed E-state index contributed by atoms with van der Waals surface area (Å²) < 4.78 is 101. The predicted octanol–water partition coefficient (Wildman–Crippen LogP) is 2.92. The first-order chi connectivity index (χ1) is 18.8. The van der Waals surface area contributed by atoms with E-state index in [-0.39, 0.29) is 48.1 Å². The molecule has 2 aromatic carbocycles. The Kier molecular flexibility index (Phi) is 8.85. The van der Waals surface area contributed by atoms with Crippen LogP contribution in [0.15, 0.2) is 58.3 Å². The number of anilines is 1. The minimum atomic E-state index is -4.89. The Bertz CT molecular complexity index is 1460. The van der Waals surface area contributed by atoms with Gasteiger partial charge in [0.05, 0.1) is 30.4 Å². The number of alkyl halides is 3. The first-order valence-electron chi connectivity index (χ1n) is 12.8. The lowest BCUT2D eigenvalue weighted by molar-refractivity contribution is -0.258. The monoisotopic (exact) mass is 637 g/mol. The Labute approximate surface area is 244 Å². The van der Waals surface area contributed by atoms with E-state index in [2.05, 4.69) is 12.6 Å². The van der Waals surface area contributed by atoms with Gasteiger partial charge in [-0.25, -0.2) is 16.8 Å². The van der Waals surface area contributed by atoms with E-state index in [0.717, 1.165) is 6.26 Å². The molecule has 0 amide bonds. The number of benzene rings is 2. The minimum Gasteiger partial charge on any atom is -0.380 e. The third kappa shape index (κ3) is 6.71. The molecule has 4 rings (SSSR count). The smallest absolute Gasteiger partial charge is 0.380 e. The van der Waals surface area contributed by atoms with Gasteiger partial charge in [0.25, 0.3) is 0 Å². The molecule has 0 aromatic heterocycles. The van der Waals surface area contributed by atoms with E-state index in [1.807, 2.05) is 6.92 Å². The number of hydrogen-bond acceptors (Lipinski definition) is 8. The maximum atomic E-state index is 13.6. The summed E-state index contributed by atoms with van der Waals surface area (Å²) in [6.45, 7) is 3.55. The summed E-state index contributed by atoms with van der Waals surface area (Å²) in [7, 11) is -7.71. The van der Waals surface area contributed by atoms with Crippen molar-refractivity contribution in [2.24, 2.45) is 5.41 Å². The molecule has 2 fully saturated rings. The van der Waals surface area contributed by atoms with Crippen molar-refractivity contribution >= 4 is 38.4 Å². The number of rotatable bonds is 9. The van der Waals surface area contributed by atoms with E-state index in [0.29, 0.717) is 25.8 Å². The molecular weight excluding hydrogens is 603 g/mol. The molecule has 0 aliphatic carbocycles. The third-order valence-corrected chi connectivity index (χ3v) is 11.3. The van der Waals surface area contributed by atoms with Crippen molar-refractivity contribution in [1.82, 2.24) is 8.61 Å². The summed E-state index contributed by atoms with van der Waals surface area (Å²) in [5, 5.41) is 10.1. The van der Waals surface area contributed by atoms with Crippen LogP contribution >= 0.6 is 12.6 Å². The lowest BCUT2D eigenvalue weighted by Gasteiger charge is -2.46. The summed E-state index contributed by atoms with van der Waals surface area (Å²) >= 11 is 4.30. The number of hydrogen-bond donors (Lipinski definition) is 2. The topological polar surface area (TPSA) is 107 Å². The molecule has 0 saturated carbocycles. The second-order valence-electron chi connectivity index (χ2n) is 11.2. The molecule has 0 radical (unpaired) electrons. The molecule has 2 atom stereocenters. The number of nitrogens with zero attached hydrogens (tertiary/aromatic N) is 3. The molecule has 9 nitrogen and oxygen atoms in total. The highest BCUT2D eigenvalue weighted by Gasteiger charge is 2.51. The number of ether oxygens (including phenoxy) is 1. The van der Waals surface area contributed by atoms with Crippen molar-refractivity contribution in [2.45, 2.75) is 41.5 Å². The van der Waals surface area contributed by atoms with Crippen molar-refractivity contribution < 1.29 is 39.9 Å². The van der Waals surface area contributed by atoms with Crippen LogP contribution in [0.5, 0.6) is 0 Å². The summed E-state index contributed by atoms with van der Waals surface area (Å²) in [4.78, 5) is 2.09. The zero-order valence-electron chi connectivity index (χ0n) is 22.9. The summed E-state index contributed by atoms with van der Waals surface area (Å²) in [6.07, 6.45) is -3.81. The lowest BCUT2D eigenvalue weighted by Crippen LogP contribution is -2.60. The highest BCUT2D eigenvalue weighted by molar-refractivity contribution is 7.90. The quantitative estimate of drug-likeness (QED) is 0.408. The number of sulfonamides is 2. The number of piperazine rings is 1. The van der Waals surface area contributed by atoms with Gasteiger partial charge in [0.2, 0.25) is 20.0 Å². The molecule has 2 saturated heterocycles.